The third-order valence-electron chi connectivity index (χ3n) is 4.64. The van der Waals surface area contributed by atoms with E-state index in [2.05, 4.69) is 18.8 Å². The van der Waals surface area contributed by atoms with E-state index in [1.807, 2.05) is 33.8 Å². The lowest BCUT2D eigenvalue weighted by atomic mass is 9.98. The number of hydrogen-bond acceptors (Lipinski definition) is 5. The molecule has 0 radical (unpaired) electrons. The van der Waals surface area contributed by atoms with Crippen molar-refractivity contribution in [2.75, 3.05) is 0 Å². The molecule has 3 rings (SSSR count). The molecule has 0 N–H and O–H groups in total. The minimum absolute atomic E-state index is 0.0856. The van der Waals surface area contributed by atoms with Gasteiger partial charge in [-0.3, -0.25) is 4.79 Å². The molecular weight excluding hydrogens is 410 g/mol. The van der Waals surface area contributed by atoms with E-state index in [1.165, 1.54) is 11.9 Å². The highest BCUT2D eigenvalue weighted by Gasteiger charge is 2.42. The van der Waals surface area contributed by atoms with Crippen molar-refractivity contribution >= 4 is 46.3 Å². The number of nitrogens with zero attached hydrogens (tertiary/aromatic N) is 3. The van der Waals surface area contributed by atoms with E-state index in [-0.39, 0.29) is 22.4 Å². The van der Waals surface area contributed by atoms with Crippen LogP contribution in [0.3, 0.4) is 0 Å². The van der Waals surface area contributed by atoms with Crippen LogP contribution in [0.2, 0.25) is 5.15 Å². The van der Waals surface area contributed by atoms with Crippen molar-refractivity contribution in [2.45, 2.75) is 70.8 Å². The second-order valence-electron chi connectivity index (χ2n) is 9.02. The van der Waals surface area contributed by atoms with Crippen LogP contribution in [0.15, 0.2) is 29.2 Å². The van der Waals surface area contributed by atoms with Gasteiger partial charge in [-0.1, -0.05) is 15.6 Å². The van der Waals surface area contributed by atoms with E-state index in [9.17, 15) is 9.59 Å². The van der Waals surface area contributed by atoms with Gasteiger partial charge in [0.25, 0.3) is 5.56 Å². The highest BCUT2D eigenvalue weighted by Crippen LogP contribution is 2.38. The summed E-state index contributed by atoms with van der Waals surface area (Å²) in [5.41, 5.74) is 0.770. The van der Waals surface area contributed by atoms with Crippen LogP contribution in [-0.2, 0) is 4.74 Å². The fourth-order valence-electron chi connectivity index (χ4n) is 3.52. The van der Waals surface area contributed by atoms with Crippen LogP contribution in [0.25, 0.3) is 10.9 Å². The molecule has 1 aliphatic heterocycles. The van der Waals surface area contributed by atoms with Crippen molar-refractivity contribution in [3.63, 3.8) is 0 Å². The maximum atomic E-state index is 13.1. The largest absolute Gasteiger partial charge is 0.610 e. The molecule has 8 heteroatoms. The van der Waals surface area contributed by atoms with Gasteiger partial charge >= 0.3 is 6.09 Å². The number of pyridine rings is 2. The van der Waals surface area contributed by atoms with Crippen molar-refractivity contribution in [3.8, 4) is 0 Å². The summed E-state index contributed by atoms with van der Waals surface area (Å²) in [5.74, 6) is 0. The van der Waals surface area contributed by atoms with Gasteiger partial charge in [-0.2, -0.15) is 4.79 Å². The van der Waals surface area contributed by atoms with Gasteiger partial charge in [0.15, 0.2) is 17.7 Å². The molecule has 2 aromatic heterocycles. The molecule has 0 saturated heterocycles. The third-order valence-corrected chi connectivity index (χ3v) is 6.16. The summed E-state index contributed by atoms with van der Waals surface area (Å²) in [4.78, 5) is 30.1. The smallest absolute Gasteiger partial charge is 0.405 e. The molecule has 1 aliphatic rings. The van der Waals surface area contributed by atoms with E-state index in [4.69, 9.17) is 16.3 Å². The Morgan fingerprint density at radius 1 is 1.34 bits per heavy atom. The van der Waals surface area contributed by atoms with Gasteiger partial charge < -0.3 is 9.30 Å². The number of halogens is 1. The molecule has 3 heterocycles. The van der Waals surface area contributed by atoms with Crippen LogP contribution in [0.4, 0.5) is 4.79 Å². The second-order valence-corrected chi connectivity index (χ2v) is 11.1. The van der Waals surface area contributed by atoms with Gasteiger partial charge in [-0.15, -0.1) is 0 Å². The molecule has 2 aromatic rings. The molecule has 0 spiro atoms. The summed E-state index contributed by atoms with van der Waals surface area (Å²) in [6.45, 7) is 11.6. The van der Waals surface area contributed by atoms with Crippen LogP contribution < -0.4 is 5.56 Å². The van der Waals surface area contributed by atoms with E-state index < -0.39 is 5.60 Å². The van der Waals surface area contributed by atoms with Gasteiger partial charge in [0, 0.05) is 19.2 Å². The van der Waals surface area contributed by atoms with Crippen LogP contribution in [0.1, 0.15) is 60.4 Å². The van der Waals surface area contributed by atoms with E-state index in [0.29, 0.717) is 22.5 Å². The van der Waals surface area contributed by atoms with Crippen LogP contribution >= 0.6 is 23.5 Å². The summed E-state index contributed by atoms with van der Waals surface area (Å²) in [7, 11) is 0. The predicted molar refractivity (Wildman–Crippen MR) is 118 cm³/mol. The van der Waals surface area contributed by atoms with Crippen LogP contribution in [-0.4, -0.2) is 35.7 Å². The number of amides is 1. The van der Waals surface area contributed by atoms with Crippen molar-refractivity contribution in [3.05, 3.63) is 39.9 Å². The number of aromatic nitrogens is 2. The maximum absolute atomic E-state index is 13.1. The monoisotopic (exact) mass is 436 g/mol. The average Bonchev–Trinajstić information content (AvgIpc) is 2.69. The fraction of sp³-hybridized carbons (Fsp3) is 0.524. The lowest BCUT2D eigenvalue weighted by Gasteiger charge is -2.24. The third kappa shape index (κ3) is 5.01. The number of carbonyl (C=O) groups is 1. The second kappa shape index (κ2) is 7.76. The Labute approximate surface area is 180 Å². The highest BCUT2D eigenvalue weighted by molar-refractivity contribution is 7.95. The first-order valence-corrected chi connectivity index (χ1v) is 10.7. The zero-order valence-electron chi connectivity index (χ0n) is 17.7. The number of ether oxygens (including phenoxy) is 1. The predicted octanol–water partition coefficient (Wildman–Crippen LogP) is 5.22. The number of hydrogen-bond donors (Lipinski definition) is 0. The molecule has 1 atom stereocenters. The fourth-order valence-corrected chi connectivity index (χ4v) is 4.78. The van der Waals surface area contributed by atoms with Gasteiger partial charge in [-0.25, -0.2) is 4.98 Å². The van der Waals surface area contributed by atoms with E-state index in [1.54, 1.807) is 26.9 Å². The topological polar surface area (TPSA) is 64.2 Å². The Morgan fingerprint density at radius 2 is 2.03 bits per heavy atom. The molecule has 1 amide bonds. The normalized spacial score (nSPS) is 19.9. The standard InChI is InChI=1S/C21H27ClN3O3S/c1-13-11-14(12-21(5,6)29-25(13)19(27)28-20(2,3)4)24-10-9-16-15(18(24)26)7-8-17(22)23-16/h7-10,14H,11-12H2,1-6H3/q+1. The van der Waals surface area contributed by atoms with Gasteiger partial charge in [0.2, 0.25) is 0 Å². The molecule has 6 nitrogen and oxygen atoms in total. The zero-order chi connectivity index (χ0) is 21.6. The SMILES string of the molecule is CC1=[N+](C(=O)OC(C)(C)C)SC(C)(C)CC(n2ccc3nc(Cl)ccc3c2=O)C1. The first-order chi connectivity index (χ1) is 13.4. The van der Waals surface area contributed by atoms with Crippen molar-refractivity contribution in [1.82, 2.24) is 9.55 Å². The van der Waals surface area contributed by atoms with Crippen LogP contribution in [0.5, 0.6) is 0 Å². The lowest BCUT2D eigenvalue weighted by Crippen LogP contribution is -2.32. The minimum atomic E-state index is -0.572. The Hall–Kier alpha value is -1.86. The van der Waals surface area contributed by atoms with Crippen molar-refractivity contribution in [1.29, 1.82) is 0 Å². The molecular formula is C21H27ClN3O3S+. The van der Waals surface area contributed by atoms with Gasteiger partial charge in [-0.05, 0) is 59.2 Å². The number of fused-ring (bicyclic) bond motifs is 1. The van der Waals surface area contributed by atoms with Gasteiger partial charge in [0.1, 0.15) is 10.8 Å². The maximum Gasteiger partial charge on any atom is 0.610 e. The molecule has 0 saturated carbocycles. The first kappa shape index (κ1) is 21.8. The van der Waals surface area contributed by atoms with Crippen LogP contribution in [0, 0.1) is 0 Å². The van der Waals surface area contributed by atoms with Gasteiger partial charge in [0.05, 0.1) is 22.1 Å². The quantitative estimate of drug-likeness (QED) is 0.348. The highest BCUT2D eigenvalue weighted by atomic mass is 35.5. The summed E-state index contributed by atoms with van der Waals surface area (Å²) in [5, 5.41) is 0.895. The molecule has 1 unspecified atom stereocenters. The van der Waals surface area contributed by atoms with E-state index >= 15 is 0 Å². The molecule has 0 aliphatic carbocycles. The molecule has 29 heavy (non-hydrogen) atoms. The summed E-state index contributed by atoms with van der Waals surface area (Å²) in [6.07, 6.45) is 2.69. The molecule has 0 bridgehead atoms. The Morgan fingerprint density at radius 3 is 2.69 bits per heavy atom. The Balaban J connectivity index is 2.02. The van der Waals surface area contributed by atoms with E-state index in [0.717, 1.165) is 12.1 Å². The lowest BCUT2D eigenvalue weighted by molar-refractivity contribution is -0.281. The Bertz CT molecular complexity index is 1050. The molecule has 0 fully saturated rings. The minimum Gasteiger partial charge on any atom is -0.405 e. The average molecular weight is 437 g/mol. The van der Waals surface area contributed by atoms with Crippen molar-refractivity contribution in [2.24, 2.45) is 0 Å². The Kier molecular flexibility index (Phi) is 5.84. The summed E-state index contributed by atoms with van der Waals surface area (Å²) in [6, 6.07) is 5.07. The molecule has 0 aromatic carbocycles. The van der Waals surface area contributed by atoms with Crippen molar-refractivity contribution < 1.29 is 13.5 Å². The number of rotatable bonds is 1. The number of carbonyl (C=O) groups excluding carboxylic acids is 1. The summed E-state index contributed by atoms with van der Waals surface area (Å²) >= 11 is 7.41. The zero-order valence-corrected chi connectivity index (χ0v) is 19.2. The molecule has 156 valence electrons. The summed E-state index contributed by atoms with van der Waals surface area (Å²) < 4.78 is 8.70. The first-order valence-electron chi connectivity index (χ1n) is 9.58.